The van der Waals surface area contributed by atoms with E-state index in [-0.39, 0.29) is 23.6 Å². The first-order valence-corrected chi connectivity index (χ1v) is 11.9. The normalized spacial score (nSPS) is 41.5. The second-order valence-electron chi connectivity index (χ2n) is 10.5. The molecule has 0 aromatic carbocycles. The molecule has 0 aromatic rings. The second kappa shape index (κ2) is 7.90. The van der Waals surface area contributed by atoms with E-state index >= 15 is 0 Å². The summed E-state index contributed by atoms with van der Waals surface area (Å²) in [6.07, 6.45) is 8.30. The molecule has 0 aliphatic heterocycles. The van der Waals surface area contributed by atoms with E-state index in [1.807, 2.05) is 6.92 Å². The van der Waals surface area contributed by atoms with Crippen LogP contribution in [0.1, 0.15) is 73.1 Å². The van der Waals surface area contributed by atoms with Gasteiger partial charge in [0.15, 0.2) is 11.4 Å². The monoisotopic (exact) mass is 428 g/mol. The minimum Gasteiger partial charge on any atom is -0.498 e. The van der Waals surface area contributed by atoms with Crippen molar-refractivity contribution in [1.82, 2.24) is 0 Å². The average Bonchev–Trinajstić information content (AvgIpc) is 2.94. The van der Waals surface area contributed by atoms with Crippen molar-refractivity contribution in [3.05, 3.63) is 23.0 Å². The SMILES string of the molecule is CCOC1=CC2=C(C=O)C[C@@H]3[C@H](CC[C@@]4(C)[C@H]3[C@H](C)C[C@]4(OC(C)=O)C(C)=O)[C@H]2CC1. The van der Waals surface area contributed by atoms with Gasteiger partial charge in [0.05, 0.1) is 12.4 Å². The van der Waals surface area contributed by atoms with E-state index in [0.29, 0.717) is 30.8 Å². The lowest BCUT2D eigenvalue weighted by molar-refractivity contribution is -0.185. The number of carbonyl (C=O) groups excluding carboxylic acids is 3. The van der Waals surface area contributed by atoms with E-state index in [1.165, 1.54) is 12.5 Å². The summed E-state index contributed by atoms with van der Waals surface area (Å²) in [6, 6.07) is 0. The Balaban J connectivity index is 1.75. The molecule has 0 N–H and O–H groups in total. The molecule has 5 nitrogen and oxygen atoms in total. The number of ketones is 1. The van der Waals surface area contributed by atoms with Gasteiger partial charge in [0.25, 0.3) is 0 Å². The number of ether oxygens (including phenoxy) is 2. The van der Waals surface area contributed by atoms with Gasteiger partial charge in [-0.25, -0.2) is 0 Å². The molecule has 0 radical (unpaired) electrons. The van der Waals surface area contributed by atoms with Crippen LogP contribution in [0.5, 0.6) is 0 Å². The number of rotatable bonds is 5. The van der Waals surface area contributed by atoms with Crippen molar-refractivity contribution in [2.45, 2.75) is 78.7 Å². The van der Waals surface area contributed by atoms with Crippen LogP contribution in [-0.2, 0) is 23.9 Å². The molecule has 170 valence electrons. The molecule has 2 fully saturated rings. The zero-order chi connectivity index (χ0) is 22.6. The minimum absolute atomic E-state index is 0.0393. The summed E-state index contributed by atoms with van der Waals surface area (Å²) in [5.74, 6) is 2.29. The molecule has 4 aliphatic rings. The van der Waals surface area contributed by atoms with Crippen molar-refractivity contribution in [1.29, 1.82) is 0 Å². The molecular weight excluding hydrogens is 392 g/mol. The van der Waals surface area contributed by atoms with Gasteiger partial charge >= 0.3 is 5.97 Å². The lowest BCUT2D eigenvalue weighted by Crippen LogP contribution is -2.57. The van der Waals surface area contributed by atoms with Gasteiger partial charge in [-0.2, -0.15) is 0 Å². The predicted octanol–water partition coefficient (Wildman–Crippen LogP) is 4.80. The molecule has 0 aromatic heterocycles. The van der Waals surface area contributed by atoms with Crippen LogP contribution in [0, 0.1) is 35.0 Å². The molecule has 7 atom stereocenters. The molecule has 0 heterocycles. The quantitative estimate of drug-likeness (QED) is 0.465. The van der Waals surface area contributed by atoms with E-state index < -0.39 is 11.0 Å². The van der Waals surface area contributed by atoms with Crippen LogP contribution in [0.15, 0.2) is 23.0 Å². The van der Waals surface area contributed by atoms with Gasteiger partial charge in [0.2, 0.25) is 0 Å². The van der Waals surface area contributed by atoms with E-state index in [4.69, 9.17) is 9.47 Å². The third-order valence-electron chi connectivity index (χ3n) is 9.01. The number of aldehydes is 1. The fraction of sp³-hybridized carbons (Fsp3) is 0.731. The molecular formula is C26H36O5. The highest BCUT2D eigenvalue weighted by Crippen LogP contribution is 2.67. The van der Waals surface area contributed by atoms with Gasteiger partial charge < -0.3 is 9.47 Å². The summed E-state index contributed by atoms with van der Waals surface area (Å²) in [5, 5.41) is 0. The molecule has 0 saturated heterocycles. The number of hydrogen-bond acceptors (Lipinski definition) is 5. The Labute approximate surface area is 185 Å². The smallest absolute Gasteiger partial charge is 0.303 e. The highest BCUT2D eigenvalue weighted by atomic mass is 16.6. The standard InChI is InChI=1S/C26H36O5/c1-6-30-19-7-8-20-21-9-10-25(5)24(23(21)11-18(14-27)22(20)12-19)15(2)13-26(25,16(3)28)31-17(4)29/h12,14-15,20-21,23-24H,6-11,13H2,1-5H3/t15-,20-,21-,23-,24+,25+,26+/m1/s1. The van der Waals surface area contributed by atoms with Crippen molar-refractivity contribution in [2.75, 3.05) is 6.61 Å². The van der Waals surface area contributed by atoms with Crippen LogP contribution < -0.4 is 0 Å². The lowest BCUT2D eigenvalue weighted by Gasteiger charge is -2.56. The Morgan fingerprint density at radius 2 is 1.97 bits per heavy atom. The number of fused-ring (bicyclic) bond motifs is 5. The number of carbonyl (C=O) groups is 3. The second-order valence-corrected chi connectivity index (χ2v) is 10.5. The van der Waals surface area contributed by atoms with Crippen molar-refractivity contribution < 1.29 is 23.9 Å². The van der Waals surface area contributed by atoms with Gasteiger partial charge in [0.1, 0.15) is 6.29 Å². The first-order chi connectivity index (χ1) is 14.7. The molecule has 0 amide bonds. The van der Waals surface area contributed by atoms with E-state index in [9.17, 15) is 14.4 Å². The largest absolute Gasteiger partial charge is 0.498 e. The van der Waals surface area contributed by atoms with Crippen molar-refractivity contribution in [3.63, 3.8) is 0 Å². The van der Waals surface area contributed by atoms with Crippen LogP contribution in [0.2, 0.25) is 0 Å². The van der Waals surface area contributed by atoms with Crippen LogP contribution in [0.25, 0.3) is 0 Å². The van der Waals surface area contributed by atoms with Gasteiger partial charge in [-0.1, -0.05) is 13.8 Å². The highest BCUT2D eigenvalue weighted by Gasteiger charge is 2.69. The highest BCUT2D eigenvalue weighted by molar-refractivity contribution is 5.89. The number of hydrogen-bond donors (Lipinski definition) is 0. The summed E-state index contributed by atoms with van der Waals surface area (Å²) in [6.45, 7) is 9.98. The zero-order valence-corrected chi connectivity index (χ0v) is 19.5. The van der Waals surface area contributed by atoms with Crippen LogP contribution >= 0.6 is 0 Å². The molecule has 2 saturated carbocycles. The van der Waals surface area contributed by atoms with E-state index in [2.05, 4.69) is 19.9 Å². The summed E-state index contributed by atoms with van der Waals surface area (Å²) < 4.78 is 11.7. The maximum atomic E-state index is 13.0. The number of Topliss-reactive ketones (excluding diaryl/α,β-unsaturated/α-hetero) is 1. The Morgan fingerprint density at radius 1 is 1.23 bits per heavy atom. The Kier molecular flexibility index (Phi) is 5.68. The lowest BCUT2D eigenvalue weighted by atomic mass is 9.49. The maximum Gasteiger partial charge on any atom is 0.303 e. The van der Waals surface area contributed by atoms with E-state index in [1.54, 1.807) is 6.92 Å². The van der Waals surface area contributed by atoms with Crippen molar-refractivity contribution >= 4 is 18.0 Å². The first kappa shape index (κ1) is 22.3. The molecule has 4 rings (SSSR count). The Bertz CT molecular complexity index is 854. The number of allylic oxidation sites excluding steroid dienone is 4. The molecule has 0 spiro atoms. The van der Waals surface area contributed by atoms with Gasteiger partial charge in [-0.3, -0.25) is 14.4 Å². The van der Waals surface area contributed by atoms with Gasteiger partial charge in [0, 0.05) is 18.8 Å². The third-order valence-corrected chi connectivity index (χ3v) is 9.01. The van der Waals surface area contributed by atoms with Crippen LogP contribution in [0.3, 0.4) is 0 Å². The fourth-order valence-electron chi connectivity index (χ4n) is 8.09. The summed E-state index contributed by atoms with van der Waals surface area (Å²) in [4.78, 5) is 37.1. The van der Waals surface area contributed by atoms with Gasteiger partial charge in [-0.15, -0.1) is 0 Å². The average molecular weight is 429 g/mol. The van der Waals surface area contributed by atoms with Crippen molar-refractivity contribution in [2.24, 2.45) is 35.0 Å². The molecule has 0 unspecified atom stereocenters. The molecule has 0 bridgehead atoms. The topological polar surface area (TPSA) is 69.7 Å². The fourth-order valence-corrected chi connectivity index (χ4v) is 8.09. The molecule has 31 heavy (non-hydrogen) atoms. The summed E-state index contributed by atoms with van der Waals surface area (Å²) in [5.41, 5.74) is 0.635. The third kappa shape index (κ3) is 3.22. The Morgan fingerprint density at radius 3 is 2.58 bits per heavy atom. The van der Waals surface area contributed by atoms with Gasteiger partial charge in [-0.05, 0) is 92.8 Å². The summed E-state index contributed by atoms with van der Waals surface area (Å²) in [7, 11) is 0. The first-order valence-electron chi connectivity index (χ1n) is 11.9. The van der Waals surface area contributed by atoms with Crippen LogP contribution in [0.4, 0.5) is 0 Å². The van der Waals surface area contributed by atoms with E-state index in [0.717, 1.165) is 49.7 Å². The predicted molar refractivity (Wildman–Crippen MR) is 117 cm³/mol. The zero-order valence-electron chi connectivity index (χ0n) is 19.5. The molecule has 5 heteroatoms. The number of esters is 1. The maximum absolute atomic E-state index is 13.0. The minimum atomic E-state index is -1.05. The Hall–Kier alpha value is -1.91. The van der Waals surface area contributed by atoms with Crippen molar-refractivity contribution in [3.8, 4) is 0 Å². The molecule has 4 aliphatic carbocycles. The van der Waals surface area contributed by atoms with Crippen LogP contribution in [-0.4, -0.2) is 30.2 Å². The summed E-state index contributed by atoms with van der Waals surface area (Å²) >= 11 is 0.